The number of carbonyl (C=O) groups excluding carboxylic acids is 2. The van der Waals surface area contributed by atoms with Gasteiger partial charge in [-0.1, -0.05) is 30.0 Å². The van der Waals surface area contributed by atoms with Crippen LogP contribution in [-0.2, 0) is 14.4 Å². The van der Waals surface area contributed by atoms with E-state index in [1.54, 1.807) is 17.2 Å². The summed E-state index contributed by atoms with van der Waals surface area (Å²) in [5.41, 5.74) is 14.5. The van der Waals surface area contributed by atoms with Gasteiger partial charge in [0, 0.05) is 47.9 Å². The van der Waals surface area contributed by atoms with E-state index in [0.29, 0.717) is 49.7 Å². The summed E-state index contributed by atoms with van der Waals surface area (Å²) in [4.78, 5) is 33.5. The summed E-state index contributed by atoms with van der Waals surface area (Å²) in [7, 11) is 0. The molecule has 0 bridgehead atoms. The Hall–Kier alpha value is -3.44. The first-order valence-electron chi connectivity index (χ1n) is 11.1. The number of anilines is 3. The number of benzene rings is 1. The van der Waals surface area contributed by atoms with Crippen LogP contribution in [0.5, 0.6) is 0 Å². The normalized spacial score (nSPS) is 22.2. The van der Waals surface area contributed by atoms with Gasteiger partial charge in [-0.25, -0.2) is 9.78 Å². The van der Waals surface area contributed by atoms with E-state index in [1.807, 2.05) is 30.3 Å². The molecule has 0 aliphatic carbocycles. The van der Waals surface area contributed by atoms with Gasteiger partial charge in [-0.05, 0) is 18.2 Å². The molecule has 11 heteroatoms. The lowest BCUT2D eigenvalue weighted by molar-refractivity contribution is -0.119. The van der Waals surface area contributed by atoms with Crippen molar-refractivity contribution in [3.8, 4) is 0 Å². The highest BCUT2D eigenvalue weighted by atomic mass is 32.2. The van der Waals surface area contributed by atoms with Gasteiger partial charge in [0.05, 0.1) is 31.6 Å². The van der Waals surface area contributed by atoms with Crippen LogP contribution in [0.1, 0.15) is 12.0 Å². The number of urea groups is 1. The lowest BCUT2D eigenvalue weighted by Gasteiger charge is -2.30. The molecule has 3 aliphatic rings. The van der Waals surface area contributed by atoms with Crippen LogP contribution in [0.4, 0.5) is 22.0 Å². The van der Waals surface area contributed by atoms with Crippen molar-refractivity contribution >= 4 is 40.9 Å². The number of rotatable bonds is 4. The Labute approximate surface area is 201 Å². The van der Waals surface area contributed by atoms with Crippen LogP contribution in [0, 0.1) is 0 Å². The first-order chi connectivity index (χ1) is 16.5. The largest absolute Gasteiger partial charge is 0.398 e. The van der Waals surface area contributed by atoms with Crippen LogP contribution in [-0.4, -0.2) is 61.2 Å². The zero-order valence-corrected chi connectivity index (χ0v) is 19.4. The number of thioether (sulfide) groups is 1. The van der Waals surface area contributed by atoms with Crippen LogP contribution >= 0.6 is 11.8 Å². The number of hydrogen-bond acceptors (Lipinski definition) is 8. The number of nitrogen functional groups attached to an aromatic ring is 1. The Morgan fingerprint density at radius 3 is 2.65 bits per heavy atom. The van der Waals surface area contributed by atoms with Crippen LogP contribution in [0.3, 0.4) is 0 Å². The predicted octanol–water partition coefficient (Wildman–Crippen LogP) is 1.62. The fourth-order valence-corrected chi connectivity index (χ4v) is 5.88. The van der Waals surface area contributed by atoms with Gasteiger partial charge in [-0.3, -0.25) is 4.79 Å². The molecule has 1 saturated heterocycles. The number of amides is 3. The van der Waals surface area contributed by atoms with Gasteiger partial charge in [0.15, 0.2) is 4.87 Å². The second-order valence-electron chi connectivity index (χ2n) is 8.37. The standard InChI is InChI=1S/C23H27N7O3S/c24-17-4-2-1-3-16(17)23(28-18-7-8-30(22(25)32)14-19(18)34-23)21(31)27-15-5-6-20(26-13-15)29-9-11-33-12-10-29/h1-6,13,28H,7-12,14,24H2,(H2,25,32)(H,27,31). The molecule has 0 saturated carbocycles. The van der Waals surface area contributed by atoms with Crippen molar-refractivity contribution in [2.75, 3.05) is 55.3 Å². The van der Waals surface area contributed by atoms with Crippen molar-refractivity contribution in [2.24, 2.45) is 5.73 Å². The summed E-state index contributed by atoms with van der Waals surface area (Å²) < 4.78 is 5.40. The molecule has 0 radical (unpaired) electrons. The molecule has 1 unspecified atom stereocenters. The van der Waals surface area contributed by atoms with Crippen LogP contribution in [0.2, 0.25) is 0 Å². The third-order valence-corrected chi connectivity index (χ3v) is 7.65. The van der Waals surface area contributed by atoms with Crippen LogP contribution in [0.15, 0.2) is 53.2 Å². The van der Waals surface area contributed by atoms with E-state index < -0.39 is 10.9 Å². The molecule has 34 heavy (non-hydrogen) atoms. The number of hydrogen-bond donors (Lipinski definition) is 4. The number of carbonyl (C=O) groups is 2. The lowest BCUT2D eigenvalue weighted by Crippen LogP contribution is -2.47. The summed E-state index contributed by atoms with van der Waals surface area (Å²) in [6, 6.07) is 10.6. The Morgan fingerprint density at radius 1 is 1.15 bits per heavy atom. The van der Waals surface area contributed by atoms with Gasteiger partial charge in [-0.15, -0.1) is 0 Å². The number of aromatic nitrogens is 1. The Balaban J connectivity index is 1.40. The van der Waals surface area contributed by atoms with Crippen LogP contribution in [0.25, 0.3) is 0 Å². The molecule has 1 aromatic carbocycles. The number of nitrogens with zero attached hydrogens (tertiary/aromatic N) is 3. The third kappa shape index (κ3) is 4.12. The molecule has 1 aromatic heterocycles. The van der Waals surface area contributed by atoms with E-state index in [4.69, 9.17) is 16.2 Å². The van der Waals surface area contributed by atoms with Gasteiger partial charge in [0.2, 0.25) is 0 Å². The first kappa shape index (κ1) is 22.4. The molecule has 1 atom stereocenters. The smallest absolute Gasteiger partial charge is 0.315 e. The maximum Gasteiger partial charge on any atom is 0.315 e. The van der Waals surface area contributed by atoms with Gasteiger partial charge in [-0.2, -0.15) is 0 Å². The molecular formula is C23H27N7O3S. The number of morpholine rings is 1. The highest BCUT2D eigenvalue weighted by molar-refractivity contribution is 8.05. The molecule has 0 spiro atoms. The van der Waals surface area contributed by atoms with Crippen molar-refractivity contribution in [3.05, 3.63) is 58.8 Å². The van der Waals surface area contributed by atoms with E-state index in [0.717, 1.165) is 29.5 Å². The van der Waals surface area contributed by atoms with Crippen LogP contribution < -0.4 is 27.0 Å². The molecular weight excluding hydrogens is 454 g/mol. The van der Waals surface area contributed by atoms with Crippen molar-refractivity contribution in [1.29, 1.82) is 0 Å². The van der Waals surface area contributed by atoms with Crippen molar-refractivity contribution in [1.82, 2.24) is 15.2 Å². The molecule has 10 nitrogen and oxygen atoms in total. The summed E-state index contributed by atoms with van der Waals surface area (Å²) in [5, 5.41) is 6.44. The summed E-state index contributed by atoms with van der Waals surface area (Å²) in [5.74, 6) is 0.580. The fourth-order valence-electron chi connectivity index (χ4n) is 4.40. The first-order valence-corrected chi connectivity index (χ1v) is 12.0. The van der Waals surface area contributed by atoms with E-state index in [1.165, 1.54) is 11.8 Å². The van der Waals surface area contributed by atoms with E-state index in [-0.39, 0.29) is 5.91 Å². The number of ether oxygens (including phenoxy) is 1. The zero-order valence-electron chi connectivity index (χ0n) is 18.6. The van der Waals surface area contributed by atoms with Crippen molar-refractivity contribution in [2.45, 2.75) is 11.3 Å². The van der Waals surface area contributed by atoms with Gasteiger partial charge in [0.25, 0.3) is 5.91 Å². The molecule has 178 valence electrons. The Morgan fingerprint density at radius 2 is 1.94 bits per heavy atom. The van der Waals surface area contributed by atoms with Gasteiger partial charge < -0.3 is 36.6 Å². The van der Waals surface area contributed by atoms with E-state index in [2.05, 4.69) is 20.5 Å². The molecule has 3 amide bonds. The summed E-state index contributed by atoms with van der Waals surface area (Å²) in [6.07, 6.45) is 2.25. The zero-order chi connectivity index (χ0) is 23.7. The van der Waals surface area contributed by atoms with Gasteiger partial charge in [0.1, 0.15) is 5.82 Å². The maximum atomic E-state index is 13.8. The molecule has 2 aromatic rings. The van der Waals surface area contributed by atoms with E-state index in [9.17, 15) is 9.59 Å². The highest BCUT2D eigenvalue weighted by Gasteiger charge is 2.49. The lowest BCUT2D eigenvalue weighted by atomic mass is 10.0. The van der Waals surface area contributed by atoms with Crippen molar-refractivity contribution in [3.63, 3.8) is 0 Å². The Kier molecular flexibility index (Phi) is 5.96. The minimum Gasteiger partial charge on any atom is -0.398 e. The maximum absolute atomic E-state index is 13.8. The number of primary amides is 1. The number of para-hydroxylation sites is 1. The summed E-state index contributed by atoms with van der Waals surface area (Å²) >= 11 is 1.37. The number of nitrogens with two attached hydrogens (primary N) is 2. The highest BCUT2D eigenvalue weighted by Crippen LogP contribution is 2.50. The molecule has 5 rings (SSSR count). The summed E-state index contributed by atoms with van der Waals surface area (Å²) in [6.45, 7) is 3.78. The number of pyridine rings is 1. The molecule has 1 fully saturated rings. The molecule has 3 aliphatic heterocycles. The fraction of sp³-hybridized carbons (Fsp3) is 0.348. The predicted molar refractivity (Wildman–Crippen MR) is 132 cm³/mol. The topological polar surface area (TPSA) is 139 Å². The average molecular weight is 482 g/mol. The minimum atomic E-state index is -1.17. The molecule has 4 heterocycles. The number of nitrogens with one attached hydrogen (secondary N) is 2. The SMILES string of the molecule is NC(=O)N1CCC2=C(C1)SC(C(=O)Nc1ccc(N3CCOCC3)nc1)(c1ccccc1N)N2. The molecule has 6 N–H and O–H groups in total. The average Bonchev–Trinajstić information content (AvgIpc) is 3.25. The van der Waals surface area contributed by atoms with E-state index >= 15 is 0 Å². The second-order valence-corrected chi connectivity index (χ2v) is 9.67. The van der Waals surface area contributed by atoms with Gasteiger partial charge >= 0.3 is 6.03 Å². The third-order valence-electron chi connectivity index (χ3n) is 6.22. The quantitative estimate of drug-likeness (QED) is 0.483. The monoisotopic (exact) mass is 481 g/mol. The Bertz CT molecular complexity index is 1130. The second kappa shape index (κ2) is 9.07. The minimum absolute atomic E-state index is 0.267. The van der Waals surface area contributed by atoms with Crippen molar-refractivity contribution < 1.29 is 14.3 Å².